The number of hydrogen-bond donors (Lipinski definition) is 2. The quantitative estimate of drug-likeness (QED) is 0.532. The van der Waals surface area contributed by atoms with Crippen LogP contribution >= 0.6 is 11.8 Å². The fourth-order valence-corrected chi connectivity index (χ4v) is 2.61. The third kappa shape index (κ3) is 4.85. The van der Waals surface area contributed by atoms with E-state index in [9.17, 15) is 0 Å². The van der Waals surface area contributed by atoms with E-state index in [1.165, 1.54) is 19.3 Å². The lowest BCUT2D eigenvalue weighted by Crippen LogP contribution is -2.20. The molecule has 0 saturated heterocycles. The standard InChI is InChI=1S/C15H26N4S/c1-4-8-16-13-10-14(19-15(18-13)20-3)17-12(5-2)9-11-6-7-11/h10-12H,4-9H2,1-3H3,(H2,16,17,18,19). The van der Waals surface area contributed by atoms with Crippen molar-refractivity contribution in [3.63, 3.8) is 0 Å². The van der Waals surface area contributed by atoms with Crippen LogP contribution in [0.25, 0.3) is 0 Å². The van der Waals surface area contributed by atoms with Crippen LogP contribution in [0.4, 0.5) is 11.6 Å². The van der Waals surface area contributed by atoms with Gasteiger partial charge in [0, 0.05) is 18.7 Å². The molecular weight excluding hydrogens is 268 g/mol. The third-order valence-corrected chi connectivity index (χ3v) is 4.15. The Morgan fingerprint density at radius 3 is 2.65 bits per heavy atom. The van der Waals surface area contributed by atoms with Gasteiger partial charge in [0.2, 0.25) is 0 Å². The van der Waals surface area contributed by atoms with Crippen molar-refractivity contribution < 1.29 is 0 Å². The SMILES string of the molecule is CCCNc1cc(NC(CC)CC2CC2)nc(SC)n1. The first-order valence-electron chi connectivity index (χ1n) is 7.68. The van der Waals surface area contributed by atoms with Crippen molar-refractivity contribution in [1.29, 1.82) is 0 Å². The van der Waals surface area contributed by atoms with E-state index in [0.29, 0.717) is 6.04 Å². The molecule has 0 aromatic carbocycles. The minimum atomic E-state index is 0.533. The summed E-state index contributed by atoms with van der Waals surface area (Å²) in [7, 11) is 0. The van der Waals surface area contributed by atoms with Crippen LogP contribution in [0.5, 0.6) is 0 Å². The minimum Gasteiger partial charge on any atom is -0.370 e. The molecule has 1 saturated carbocycles. The van der Waals surface area contributed by atoms with Crippen molar-refractivity contribution in [2.24, 2.45) is 5.92 Å². The van der Waals surface area contributed by atoms with Gasteiger partial charge in [0.1, 0.15) is 11.6 Å². The molecule has 1 aliphatic carbocycles. The Bertz CT molecular complexity index is 420. The normalized spacial score (nSPS) is 15.9. The highest BCUT2D eigenvalue weighted by Crippen LogP contribution is 2.34. The number of aromatic nitrogens is 2. The molecule has 0 aliphatic heterocycles. The van der Waals surface area contributed by atoms with E-state index in [0.717, 1.165) is 42.1 Å². The van der Waals surface area contributed by atoms with Gasteiger partial charge in [-0.15, -0.1) is 0 Å². The molecule has 2 N–H and O–H groups in total. The molecule has 1 fully saturated rings. The largest absolute Gasteiger partial charge is 0.370 e. The van der Waals surface area contributed by atoms with Crippen molar-refractivity contribution >= 4 is 23.4 Å². The Labute approximate surface area is 126 Å². The number of nitrogens with zero attached hydrogens (tertiary/aromatic N) is 2. The van der Waals surface area contributed by atoms with Gasteiger partial charge in [-0.05, 0) is 31.4 Å². The Morgan fingerprint density at radius 2 is 2.05 bits per heavy atom. The zero-order valence-corrected chi connectivity index (χ0v) is 13.6. The van der Waals surface area contributed by atoms with Gasteiger partial charge in [0.15, 0.2) is 5.16 Å². The Morgan fingerprint density at radius 1 is 1.30 bits per heavy atom. The minimum absolute atomic E-state index is 0.533. The lowest BCUT2D eigenvalue weighted by atomic mass is 10.1. The first kappa shape index (κ1) is 15.4. The monoisotopic (exact) mass is 294 g/mol. The van der Waals surface area contributed by atoms with Gasteiger partial charge in [-0.2, -0.15) is 0 Å². The molecule has 0 radical (unpaired) electrons. The highest BCUT2D eigenvalue weighted by molar-refractivity contribution is 7.98. The molecule has 0 bridgehead atoms. The molecule has 1 heterocycles. The fraction of sp³-hybridized carbons (Fsp3) is 0.733. The summed E-state index contributed by atoms with van der Waals surface area (Å²) >= 11 is 1.59. The number of anilines is 2. The molecule has 1 unspecified atom stereocenters. The zero-order chi connectivity index (χ0) is 14.4. The van der Waals surface area contributed by atoms with E-state index in [1.807, 2.05) is 12.3 Å². The van der Waals surface area contributed by atoms with E-state index in [4.69, 9.17) is 0 Å². The highest BCUT2D eigenvalue weighted by atomic mass is 32.2. The van der Waals surface area contributed by atoms with Crippen molar-refractivity contribution in [3.8, 4) is 0 Å². The molecule has 5 heteroatoms. The van der Waals surface area contributed by atoms with E-state index in [-0.39, 0.29) is 0 Å². The Balaban J connectivity index is 2.03. The summed E-state index contributed by atoms with van der Waals surface area (Å²) in [6, 6.07) is 2.57. The summed E-state index contributed by atoms with van der Waals surface area (Å²) in [5, 5.41) is 7.77. The molecule has 2 rings (SSSR count). The van der Waals surface area contributed by atoms with Crippen LogP contribution < -0.4 is 10.6 Å². The average Bonchev–Trinajstić information content (AvgIpc) is 3.28. The first-order valence-corrected chi connectivity index (χ1v) is 8.91. The van der Waals surface area contributed by atoms with Crippen LogP contribution in [0.15, 0.2) is 11.2 Å². The summed E-state index contributed by atoms with van der Waals surface area (Å²) in [4.78, 5) is 9.07. The maximum Gasteiger partial charge on any atom is 0.191 e. The zero-order valence-electron chi connectivity index (χ0n) is 12.8. The van der Waals surface area contributed by atoms with Gasteiger partial charge in [0.05, 0.1) is 0 Å². The van der Waals surface area contributed by atoms with Crippen LogP contribution in [0, 0.1) is 5.92 Å². The van der Waals surface area contributed by atoms with Crippen molar-refractivity contribution in [2.75, 3.05) is 23.4 Å². The van der Waals surface area contributed by atoms with Gasteiger partial charge in [-0.1, -0.05) is 38.5 Å². The van der Waals surface area contributed by atoms with Gasteiger partial charge >= 0.3 is 0 Å². The summed E-state index contributed by atoms with van der Waals surface area (Å²) in [5.41, 5.74) is 0. The predicted molar refractivity (Wildman–Crippen MR) is 87.6 cm³/mol. The van der Waals surface area contributed by atoms with Crippen LogP contribution in [-0.4, -0.2) is 28.8 Å². The lowest BCUT2D eigenvalue weighted by Gasteiger charge is -2.18. The van der Waals surface area contributed by atoms with Gasteiger partial charge in [-0.3, -0.25) is 0 Å². The number of rotatable bonds is 9. The maximum absolute atomic E-state index is 4.58. The van der Waals surface area contributed by atoms with Crippen molar-refractivity contribution in [1.82, 2.24) is 9.97 Å². The summed E-state index contributed by atoms with van der Waals surface area (Å²) in [5.74, 6) is 2.82. The van der Waals surface area contributed by atoms with Gasteiger partial charge in [0.25, 0.3) is 0 Å². The summed E-state index contributed by atoms with van der Waals surface area (Å²) in [6.45, 7) is 5.35. The van der Waals surface area contributed by atoms with Crippen molar-refractivity contribution in [3.05, 3.63) is 6.07 Å². The van der Waals surface area contributed by atoms with Crippen LogP contribution in [0.3, 0.4) is 0 Å². The van der Waals surface area contributed by atoms with Gasteiger partial charge in [-0.25, -0.2) is 9.97 Å². The van der Waals surface area contributed by atoms with Crippen LogP contribution in [0.1, 0.15) is 46.0 Å². The smallest absolute Gasteiger partial charge is 0.191 e. The average molecular weight is 294 g/mol. The highest BCUT2D eigenvalue weighted by Gasteiger charge is 2.24. The molecule has 0 spiro atoms. The Hall–Kier alpha value is -0.970. The molecular formula is C15H26N4S. The molecule has 1 aromatic rings. The molecule has 1 atom stereocenters. The predicted octanol–water partition coefficient (Wildman–Crippen LogP) is 4.01. The number of hydrogen-bond acceptors (Lipinski definition) is 5. The maximum atomic E-state index is 4.58. The topological polar surface area (TPSA) is 49.8 Å². The van der Waals surface area contributed by atoms with Crippen LogP contribution in [-0.2, 0) is 0 Å². The van der Waals surface area contributed by atoms with Gasteiger partial charge < -0.3 is 10.6 Å². The molecule has 1 aromatic heterocycles. The summed E-state index contributed by atoms with van der Waals surface area (Å²) in [6.07, 6.45) is 8.34. The van der Waals surface area contributed by atoms with E-state index >= 15 is 0 Å². The lowest BCUT2D eigenvalue weighted by molar-refractivity contribution is 0.584. The van der Waals surface area contributed by atoms with E-state index in [1.54, 1.807) is 11.8 Å². The second-order valence-electron chi connectivity index (χ2n) is 5.48. The second kappa shape index (κ2) is 7.72. The fourth-order valence-electron chi connectivity index (χ4n) is 2.23. The third-order valence-electron chi connectivity index (χ3n) is 3.60. The Kier molecular flexibility index (Phi) is 5.95. The molecule has 20 heavy (non-hydrogen) atoms. The molecule has 112 valence electrons. The number of thioether (sulfide) groups is 1. The van der Waals surface area contributed by atoms with E-state index in [2.05, 4.69) is 34.4 Å². The second-order valence-corrected chi connectivity index (χ2v) is 6.25. The van der Waals surface area contributed by atoms with E-state index < -0.39 is 0 Å². The molecule has 0 amide bonds. The molecule has 1 aliphatic rings. The molecule has 4 nitrogen and oxygen atoms in total. The summed E-state index contributed by atoms with van der Waals surface area (Å²) < 4.78 is 0. The van der Waals surface area contributed by atoms with Crippen LogP contribution in [0.2, 0.25) is 0 Å². The first-order chi connectivity index (χ1) is 9.75. The van der Waals surface area contributed by atoms with Crippen molar-refractivity contribution in [2.45, 2.75) is 57.1 Å². The number of nitrogens with one attached hydrogen (secondary N) is 2.